The molecule has 4 rings (SSSR count). The van der Waals surface area contributed by atoms with Gasteiger partial charge in [-0.25, -0.2) is 4.98 Å². The molecule has 0 aliphatic carbocycles. The second-order valence-electron chi connectivity index (χ2n) is 7.53. The lowest BCUT2D eigenvalue weighted by atomic mass is 9.98. The van der Waals surface area contributed by atoms with E-state index in [0.29, 0.717) is 48.0 Å². The SMILES string of the molecule is CCCc1c(Oc2cc(Cc3ccc(C(N)=O)cc3)ccn2)ccc2c1OCCC2=O. The second kappa shape index (κ2) is 9.00. The number of fused-ring (bicyclic) bond motifs is 1. The van der Waals surface area contributed by atoms with Crippen LogP contribution in [0.1, 0.15) is 57.2 Å². The summed E-state index contributed by atoms with van der Waals surface area (Å²) in [5, 5.41) is 0. The van der Waals surface area contributed by atoms with Crippen LogP contribution in [0.3, 0.4) is 0 Å². The van der Waals surface area contributed by atoms with Crippen LogP contribution in [0, 0.1) is 0 Å². The van der Waals surface area contributed by atoms with E-state index in [4.69, 9.17) is 15.2 Å². The fraction of sp³-hybridized carbons (Fsp3) is 0.240. The van der Waals surface area contributed by atoms with Gasteiger partial charge >= 0.3 is 0 Å². The van der Waals surface area contributed by atoms with Crippen molar-refractivity contribution < 1.29 is 19.1 Å². The van der Waals surface area contributed by atoms with Gasteiger partial charge in [-0.1, -0.05) is 25.5 Å². The third-order valence-corrected chi connectivity index (χ3v) is 5.25. The number of nitrogens with zero attached hydrogens (tertiary/aromatic N) is 1. The smallest absolute Gasteiger partial charge is 0.248 e. The Hall–Kier alpha value is -3.67. The summed E-state index contributed by atoms with van der Waals surface area (Å²) in [6.45, 7) is 2.48. The Morgan fingerprint density at radius 2 is 1.94 bits per heavy atom. The summed E-state index contributed by atoms with van der Waals surface area (Å²) in [7, 11) is 0. The van der Waals surface area contributed by atoms with Crippen LogP contribution >= 0.6 is 0 Å². The fourth-order valence-electron chi connectivity index (χ4n) is 3.71. The first-order chi connectivity index (χ1) is 15.0. The van der Waals surface area contributed by atoms with Crippen molar-refractivity contribution in [3.8, 4) is 17.4 Å². The van der Waals surface area contributed by atoms with Crippen LogP contribution < -0.4 is 15.2 Å². The number of hydrogen-bond acceptors (Lipinski definition) is 5. The molecule has 2 aromatic carbocycles. The van der Waals surface area contributed by atoms with Gasteiger partial charge in [-0.05, 0) is 54.3 Å². The summed E-state index contributed by atoms with van der Waals surface area (Å²) >= 11 is 0. The summed E-state index contributed by atoms with van der Waals surface area (Å²) in [6, 6.07) is 14.6. The maximum absolute atomic E-state index is 12.2. The monoisotopic (exact) mass is 416 g/mol. The highest BCUT2D eigenvalue weighted by molar-refractivity contribution is 6.00. The molecule has 1 aromatic heterocycles. The van der Waals surface area contributed by atoms with E-state index in [0.717, 1.165) is 29.5 Å². The molecule has 0 atom stereocenters. The Balaban J connectivity index is 1.57. The number of rotatable bonds is 7. The lowest BCUT2D eigenvalue weighted by Crippen LogP contribution is -2.17. The number of amides is 1. The van der Waals surface area contributed by atoms with Crippen molar-refractivity contribution in [2.24, 2.45) is 5.73 Å². The van der Waals surface area contributed by atoms with E-state index in [1.54, 1.807) is 24.4 Å². The van der Waals surface area contributed by atoms with Crippen LogP contribution in [0.25, 0.3) is 0 Å². The third-order valence-electron chi connectivity index (χ3n) is 5.25. The molecule has 6 heteroatoms. The topological polar surface area (TPSA) is 91.5 Å². The zero-order valence-corrected chi connectivity index (χ0v) is 17.4. The summed E-state index contributed by atoms with van der Waals surface area (Å²) in [5.74, 6) is 1.44. The van der Waals surface area contributed by atoms with Crippen molar-refractivity contribution in [3.63, 3.8) is 0 Å². The number of pyridine rings is 1. The second-order valence-corrected chi connectivity index (χ2v) is 7.53. The molecule has 3 aromatic rings. The molecule has 31 heavy (non-hydrogen) atoms. The highest BCUT2D eigenvalue weighted by Crippen LogP contribution is 2.38. The number of aromatic nitrogens is 1. The van der Waals surface area contributed by atoms with Gasteiger partial charge in [0.05, 0.1) is 12.2 Å². The first-order valence-electron chi connectivity index (χ1n) is 10.4. The number of hydrogen-bond donors (Lipinski definition) is 1. The standard InChI is InChI=1S/C25H24N2O4/c1-2-3-20-22(9-8-19-21(28)11-13-30-24(19)20)31-23-15-17(10-12-27-23)14-16-4-6-18(7-5-16)25(26)29/h4-10,12,15H,2-3,11,13-14H2,1H3,(H2,26,29). The Labute approximate surface area is 181 Å². The van der Waals surface area contributed by atoms with Crippen LogP contribution in [0.15, 0.2) is 54.7 Å². The van der Waals surface area contributed by atoms with E-state index >= 15 is 0 Å². The number of carbonyl (C=O) groups excluding carboxylic acids is 2. The van der Waals surface area contributed by atoms with Crippen molar-refractivity contribution in [2.45, 2.75) is 32.6 Å². The van der Waals surface area contributed by atoms with E-state index in [-0.39, 0.29) is 5.78 Å². The van der Waals surface area contributed by atoms with Crippen molar-refractivity contribution in [1.82, 2.24) is 4.98 Å². The van der Waals surface area contributed by atoms with Gasteiger partial charge in [0, 0.05) is 29.8 Å². The minimum atomic E-state index is -0.440. The fourth-order valence-corrected chi connectivity index (χ4v) is 3.71. The maximum Gasteiger partial charge on any atom is 0.248 e. The molecule has 6 nitrogen and oxygen atoms in total. The zero-order valence-electron chi connectivity index (χ0n) is 17.4. The lowest BCUT2D eigenvalue weighted by Gasteiger charge is -2.21. The van der Waals surface area contributed by atoms with Crippen LogP contribution in [-0.2, 0) is 12.8 Å². The molecule has 1 aliphatic rings. The summed E-state index contributed by atoms with van der Waals surface area (Å²) in [5.41, 5.74) is 9.40. The number of ether oxygens (including phenoxy) is 2. The molecule has 1 amide bonds. The van der Waals surface area contributed by atoms with Gasteiger partial charge in [-0.3, -0.25) is 9.59 Å². The molecule has 0 saturated carbocycles. The largest absolute Gasteiger partial charge is 0.492 e. The van der Waals surface area contributed by atoms with E-state index < -0.39 is 5.91 Å². The molecule has 0 radical (unpaired) electrons. The lowest BCUT2D eigenvalue weighted by molar-refractivity contribution is 0.0931. The van der Waals surface area contributed by atoms with Gasteiger partial charge in [-0.2, -0.15) is 0 Å². The predicted octanol–water partition coefficient (Wildman–Crippen LogP) is 4.48. The number of carbonyl (C=O) groups is 2. The summed E-state index contributed by atoms with van der Waals surface area (Å²) < 4.78 is 12.0. The van der Waals surface area contributed by atoms with Gasteiger partial charge in [0.1, 0.15) is 11.5 Å². The van der Waals surface area contributed by atoms with Gasteiger partial charge in [0.15, 0.2) is 5.78 Å². The van der Waals surface area contributed by atoms with E-state index in [1.165, 1.54) is 0 Å². The predicted molar refractivity (Wildman–Crippen MR) is 117 cm³/mol. The van der Waals surface area contributed by atoms with Crippen LogP contribution in [0.5, 0.6) is 17.4 Å². The summed E-state index contributed by atoms with van der Waals surface area (Å²) in [6.07, 6.45) is 4.43. The van der Waals surface area contributed by atoms with Gasteiger partial charge < -0.3 is 15.2 Å². The van der Waals surface area contributed by atoms with E-state index in [2.05, 4.69) is 11.9 Å². The molecule has 0 unspecified atom stereocenters. The molecule has 2 N–H and O–H groups in total. The van der Waals surface area contributed by atoms with E-state index in [9.17, 15) is 9.59 Å². The first-order valence-corrected chi connectivity index (χ1v) is 10.4. The number of nitrogens with two attached hydrogens (primary N) is 1. The molecule has 158 valence electrons. The molecular formula is C25H24N2O4. The van der Waals surface area contributed by atoms with Gasteiger partial charge in [0.25, 0.3) is 0 Å². The normalized spacial score (nSPS) is 12.7. The maximum atomic E-state index is 12.2. The van der Waals surface area contributed by atoms with Crippen LogP contribution in [0.2, 0.25) is 0 Å². The summed E-state index contributed by atoms with van der Waals surface area (Å²) in [4.78, 5) is 27.8. The molecular weight excluding hydrogens is 392 g/mol. The number of ketones is 1. The number of Topliss-reactive ketones (excluding diaryl/α,β-unsaturated/α-hetero) is 1. The highest BCUT2D eigenvalue weighted by Gasteiger charge is 2.24. The number of primary amides is 1. The minimum Gasteiger partial charge on any atom is -0.492 e. The average Bonchev–Trinajstić information content (AvgIpc) is 2.76. The molecule has 1 aliphatic heterocycles. The minimum absolute atomic E-state index is 0.104. The van der Waals surface area contributed by atoms with Crippen molar-refractivity contribution in [1.29, 1.82) is 0 Å². The van der Waals surface area contributed by atoms with Crippen molar-refractivity contribution in [2.75, 3.05) is 6.61 Å². The van der Waals surface area contributed by atoms with Crippen molar-refractivity contribution in [3.05, 3.63) is 82.5 Å². The Morgan fingerprint density at radius 3 is 2.68 bits per heavy atom. The molecule has 0 fully saturated rings. The van der Waals surface area contributed by atoms with E-state index in [1.807, 2.05) is 30.3 Å². The molecule has 0 saturated heterocycles. The molecule has 0 spiro atoms. The number of benzene rings is 2. The third kappa shape index (κ3) is 4.58. The molecule has 0 bridgehead atoms. The Bertz CT molecular complexity index is 1120. The van der Waals surface area contributed by atoms with Crippen LogP contribution in [0.4, 0.5) is 0 Å². The first kappa shape index (κ1) is 20.6. The zero-order chi connectivity index (χ0) is 21.8. The molecule has 2 heterocycles. The van der Waals surface area contributed by atoms with Gasteiger partial charge in [0.2, 0.25) is 11.8 Å². The average molecular weight is 416 g/mol. The van der Waals surface area contributed by atoms with Gasteiger partial charge in [-0.15, -0.1) is 0 Å². The Morgan fingerprint density at radius 1 is 1.13 bits per heavy atom. The Kier molecular flexibility index (Phi) is 5.98. The van der Waals surface area contributed by atoms with Crippen molar-refractivity contribution >= 4 is 11.7 Å². The highest BCUT2D eigenvalue weighted by atomic mass is 16.5. The quantitative estimate of drug-likeness (QED) is 0.613. The van der Waals surface area contributed by atoms with Crippen LogP contribution in [-0.4, -0.2) is 23.3 Å².